The number of methoxy groups -OCH3 is 1. The van der Waals surface area contributed by atoms with Crippen LogP contribution in [0.2, 0.25) is 0 Å². The Morgan fingerprint density at radius 2 is 1.88 bits per heavy atom. The summed E-state index contributed by atoms with van der Waals surface area (Å²) < 4.78 is 39.2. The van der Waals surface area contributed by atoms with E-state index in [9.17, 15) is 18.4 Å². The number of amides is 1. The fourth-order valence-electron chi connectivity index (χ4n) is 3.21. The molecule has 0 aliphatic heterocycles. The molecule has 2 aromatic carbocycles. The zero-order valence-corrected chi connectivity index (χ0v) is 19.7. The van der Waals surface area contributed by atoms with Gasteiger partial charge >= 0.3 is 0 Å². The summed E-state index contributed by atoms with van der Waals surface area (Å²) in [6.07, 6.45) is 0. The van der Waals surface area contributed by atoms with Crippen molar-refractivity contribution in [2.75, 3.05) is 13.7 Å². The molecule has 3 rings (SSSR count). The van der Waals surface area contributed by atoms with Crippen molar-refractivity contribution in [3.8, 4) is 5.75 Å². The van der Waals surface area contributed by atoms with Gasteiger partial charge in [-0.2, -0.15) is 0 Å². The van der Waals surface area contributed by atoms with Crippen molar-refractivity contribution in [2.24, 2.45) is 0 Å². The molecule has 0 unspecified atom stereocenters. The van der Waals surface area contributed by atoms with Gasteiger partial charge in [-0.25, -0.2) is 8.78 Å². The summed E-state index contributed by atoms with van der Waals surface area (Å²) in [4.78, 5) is 24.5. The zero-order chi connectivity index (χ0) is 24.0. The number of rotatable bonds is 9. The lowest BCUT2D eigenvalue weighted by molar-refractivity contribution is -0.124. The van der Waals surface area contributed by atoms with E-state index in [1.165, 1.54) is 13.2 Å². The summed E-state index contributed by atoms with van der Waals surface area (Å²) >= 11 is 3.28. The predicted octanol–water partition coefficient (Wildman–Crippen LogP) is 4.09. The van der Waals surface area contributed by atoms with Crippen molar-refractivity contribution in [2.45, 2.75) is 26.6 Å². The Hall–Kier alpha value is -3.04. The van der Waals surface area contributed by atoms with Gasteiger partial charge in [0.25, 0.3) is 5.56 Å². The van der Waals surface area contributed by atoms with Crippen LogP contribution in [0.15, 0.2) is 57.8 Å². The number of ether oxygens (including phenoxy) is 2. The van der Waals surface area contributed by atoms with E-state index in [0.717, 1.165) is 23.3 Å². The van der Waals surface area contributed by atoms with Crippen LogP contribution < -0.4 is 15.6 Å². The molecule has 0 bridgehead atoms. The number of pyridine rings is 1. The molecule has 1 amide bonds. The highest BCUT2D eigenvalue weighted by atomic mass is 79.9. The minimum atomic E-state index is -0.713. The number of nitrogens with zero attached hydrogens (tertiary/aromatic N) is 1. The molecule has 3 aromatic rings. The molecule has 6 nitrogen and oxygen atoms in total. The number of carbonyl (C=O) groups excluding carboxylic acids is 1. The summed E-state index contributed by atoms with van der Waals surface area (Å²) in [5.74, 6) is -1.33. The van der Waals surface area contributed by atoms with Crippen LogP contribution in [0.25, 0.3) is 0 Å². The SMILES string of the molecule is COCC(=O)NCc1cccc(Cn2c(C)cc(OCc3ccc(F)cc3F)c(Br)c2=O)c1. The van der Waals surface area contributed by atoms with Crippen LogP contribution in [-0.4, -0.2) is 24.2 Å². The largest absolute Gasteiger partial charge is 0.487 e. The molecule has 0 atom stereocenters. The van der Waals surface area contributed by atoms with E-state index in [2.05, 4.69) is 21.2 Å². The second-order valence-electron chi connectivity index (χ2n) is 7.41. The van der Waals surface area contributed by atoms with Gasteiger partial charge < -0.3 is 19.4 Å². The third-order valence-electron chi connectivity index (χ3n) is 4.91. The average molecular weight is 521 g/mol. The Morgan fingerprint density at radius 1 is 1.12 bits per heavy atom. The van der Waals surface area contributed by atoms with Gasteiger partial charge in [0, 0.05) is 37.0 Å². The Balaban J connectivity index is 1.74. The van der Waals surface area contributed by atoms with Crippen LogP contribution in [0.1, 0.15) is 22.4 Å². The van der Waals surface area contributed by atoms with Crippen molar-refractivity contribution in [1.29, 1.82) is 0 Å². The topological polar surface area (TPSA) is 69.6 Å². The van der Waals surface area contributed by atoms with E-state index < -0.39 is 11.6 Å². The molecule has 0 saturated carbocycles. The summed E-state index contributed by atoms with van der Waals surface area (Å²) in [6, 6.07) is 12.5. The first-order valence-corrected chi connectivity index (χ1v) is 10.9. The monoisotopic (exact) mass is 520 g/mol. The van der Waals surface area contributed by atoms with Gasteiger partial charge in [-0.15, -0.1) is 0 Å². The second kappa shape index (κ2) is 11.2. The number of aryl methyl sites for hydroxylation is 1. The smallest absolute Gasteiger partial charge is 0.269 e. The molecule has 174 valence electrons. The second-order valence-corrected chi connectivity index (χ2v) is 8.20. The van der Waals surface area contributed by atoms with Crippen molar-refractivity contribution >= 4 is 21.8 Å². The molecule has 9 heteroatoms. The summed E-state index contributed by atoms with van der Waals surface area (Å²) in [5, 5.41) is 2.76. The van der Waals surface area contributed by atoms with E-state index in [-0.39, 0.29) is 40.5 Å². The van der Waals surface area contributed by atoms with E-state index in [0.29, 0.717) is 18.8 Å². The van der Waals surface area contributed by atoms with Gasteiger partial charge in [-0.05, 0) is 46.1 Å². The molecule has 0 fully saturated rings. The van der Waals surface area contributed by atoms with Crippen LogP contribution in [-0.2, 0) is 29.2 Å². The molecule has 1 heterocycles. The lowest BCUT2D eigenvalue weighted by atomic mass is 10.1. The minimum Gasteiger partial charge on any atom is -0.487 e. The third-order valence-corrected chi connectivity index (χ3v) is 5.64. The Bertz CT molecular complexity index is 1210. The number of aromatic nitrogens is 1. The van der Waals surface area contributed by atoms with E-state index in [1.54, 1.807) is 17.6 Å². The van der Waals surface area contributed by atoms with Crippen molar-refractivity contribution < 1.29 is 23.0 Å². The minimum absolute atomic E-state index is 0.00940. The van der Waals surface area contributed by atoms with Crippen LogP contribution in [0.5, 0.6) is 5.75 Å². The molecule has 0 radical (unpaired) electrons. The number of hydrogen-bond donors (Lipinski definition) is 1. The Kier molecular flexibility index (Phi) is 8.35. The number of benzene rings is 2. The number of nitrogens with one attached hydrogen (secondary N) is 1. The summed E-state index contributed by atoms with van der Waals surface area (Å²) in [6.45, 7) is 2.28. The number of halogens is 3. The van der Waals surface area contributed by atoms with Crippen molar-refractivity contribution in [3.05, 3.63) is 97.4 Å². The zero-order valence-electron chi connectivity index (χ0n) is 18.2. The first-order chi connectivity index (χ1) is 15.8. The maximum atomic E-state index is 13.9. The molecule has 0 aliphatic rings. The normalized spacial score (nSPS) is 10.8. The quantitative estimate of drug-likeness (QED) is 0.461. The van der Waals surface area contributed by atoms with Gasteiger partial charge in [0.15, 0.2) is 0 Å². The van der Waals surface area contributed by atoms with Crippen LogP contribution in [0.4, 0.5) is 8.78 Å². The predicted molar refractivity (Wildman–Crippen MR) is 123 cm³/mol. The molecule has 1 aromatic heterocycles. The lowest BCUT2D eigenvalue weighted by Gasteiger charge is -2.15. The van der Waals surface area contributed by atoms with Gasteiger partial charge in [0.05, 0.1) is 6.54 Å². The maximum absolute atomic E-state index is 13.9. The molecule has 0 saturated heterocycles. The number of hydrogen-bond acceptors (Lipinski definition) is 4. The molecule has 1 N–H and O–H groups in total. The lowest BCUT2D eigenvalue weighted by Crippen LogP contribution is -2.26. The highest BCUT2D eigenvalue weighted by Gasteiger charge is 2.14. The van der Waals surface area contributed by atoms with E-state index >= 15 is 0 Å². The van der Waals surface area contributed by atoms with Crippen LogP contribution in [0.3, 0.4) is 0 Å². The summed E-state index contributed by atoms with van der Waals surface area (Å²) in [7, 11) is 1.45. The number of carbonyl (C=O) groups is 1. The van der Waals surface area contributed by atoms with E-state index in [4.69, 9.17) is 9.47 Å². The van der Waals surface area contributed by atoms with Gasteiger partial charge in [-0.1, -0.05) is 24.3 Å². The van der Waals surface area contributed by atoms with Crippen LogP contribution >= 0.6 is 15.9 Å². The first-order valence-electron chi connectivity index (χ1n) is 10.1. The third kappa shape index (κ3) is 6.49. The molecular weight excluding hydrogens is 498 g/mol. The molecule has 0 spiro atoms. The standard InChI is InChI=1S/C24H23BrF2N2O4/c1-15-8-21(33-13-18-6-7-19(26)10-20(18)27)23(25)24(31)29(15)12-17-5-3-4-16(9-17)11-28-22(30)14-32-2/h3-10H,11-14H2,1-2H3,(H,28,30). The van der Waals surface area contributed by atoms with Gasteiger partial charge in [0.1, 0.15) is 35.1 Å². The Labute approximate surface area is 198 Å². The van der Waals surface area contributed by atoms with Gasteiger partial charge in [-0.3, -0.25) is 9.59 Å². The fraction of sp³-hybridized carbons (Fsp3) is 0.250. The average Bonchev–Trinajstić information content (AvgIpc) is 2.78. The van der Waals surface area contributed by atoms with Gasteiger partial charge in [0.2, 0.25) is 5.91 Å². The Morgan fingerprint density at radius 3 is 2.61 bits per heavy atom. The highest BCUT2D eigenvalue weighted by molar-refractivity contribution is 9.10. The summed E-state index contributed by atoms with van der Waals surface area (Å²) in [5.41, 5.74) is 2.30. The highest BCUT2D eigenvalue weighted by Crippen LogP contribution is 2.24. The van der Waals surface area contributed by atoms with Crippen molar-refractivity contribution in [3.63, 3.8) is 0 Å². The van der Waals surface area contributed by atoms with E-state index in [1.807, 2.05) is 24.3 Å². The molecule has 0 aliphatic carbocycles. The molecular formula is C24H23BrF2N2O4. The van der Waals surface area contributed by atoms with Crippen LogP contribution in [0, 0.1) is 18.6 Å². The van der Waals surface area contributed by atoms with Crippen molar-refractivity contribution in [1.82, 2.24) is 9.88 Å². The first kappa shape index (κ1) is 24.6. The molecule has 33 heavy (non-hydrogen) atoms. The fourth-order valence-corrected chi connectivity index (χ4v) is 3.66. The maximum Gasteiger partial charge on any atom is 0.269 e.